The third kappa shape index (κ3) is 5.12. The molecular formula is C25H23N3O3S. The smallest absolute Gasteiger partial charge is 0.272 e. The number of hydrogen-bond donors (Lipinski definition) is 2. The molecule has 6 nitrogen and oxygen atoms in total. The third-order valence-electron chi connectivity index (χ3n) is 5.15. The molecule has 0 bridgehead atoms. The second-order valence-electron chi connectivity index (χ2n) is 7.54. The lowest BCUT2D eigenvalue weighted by Crippen LogP contribution is -2.30. The van der Waals surface area contributed by atoms with Crippen LogP contribution in [0, 0.1) is 6.92 Å². The Morgan fingerprint density at radius 3 is 2.41 bits per heavy atom. The maximum absolute atomic E-state index is 13.0. The first-order valence-electron chi connectivity index (χ1n) is 10.3. The Morgan fingerprint density at radius 1 is 1.03 bits per heavy atom. The van der Waals surface area contributed by atoms with Crippen molar-refractivity contribution in [1.29, 1.82) is 0 Å². The fourth-order valence-corrected chi connectivity index (χ4v) is 4.08. The molecule has 4 rings (SSSR count). The quantitative estimate of drug-likeness (QED) is 0.545. The van der Waals surface area contributed by atoms with Gasteiger partial charge in [-0.3, -0.25) is 14.4 Å². The van der Waals surface area contributed by atoms with Crippen LogP contribution in [0.3, 0.4) is 0 Å². The summed E-state index contributed by atoms with van der Waals surface area (Å²) in [5, 5.41) is 7.47. The van der Waals surface area contributed by atoms with Crippen molar-refractivity contribution >= 4 is 46.5 Å². The molecule has 0 radical (unpaired) electrons. The van der Waals surface area contributed by atoms with Crippen molar-refractivity contribution in [3.8, 4) is 0 Å². The van der Waals surface area contributed by atoms with E-state index in [0.717, 1.165) is 22.5 Å². The Labute approximate surface area is 190 Å². The summed E-state index contributed by atoms with van der Waals surface area (Å²) in [5.41, 5.74) is 3.06. The minimum absolute atomic E-state index is 0.113. The minimum atomic E-state index is -0.427. The molecule has 2 N–H and O–H groups in total. The fourth-order valence-electron chi connectivity index (χ4n) is 3.42. The Hall–Kier alpha value is -3.71. The van der Waals surface area contributed by atoms with Gasteiger partial charge in [0.25, 0.3) is 11.8 Å². The van der Waals surface area contributed by atoms with E-state index in [0.29, 0.717) is 24.2 Å². The van der Waals surface area contributed by atoms with Crippen molar-refractivity contribution < 1.29 is 14.4 Å². The highest BCUT2D eigenvalue weighted by molar-refractivity contribution is 7.10. The first-order chi connectivity index (χ1) is 15.5. The molecule has 2 aromatic carbocycles. The van der Waals surface area contributed by atoms with Crippen LogP contribution in [0.25, 0.3) is 6.08 Å². The van der Waals surface area contributed by atoms with Crippen LogP contribution in [0.15, 0.2) is 71.7 Å². The van der Waals surface area contributed by atoms with Crippen LogP contribution in [0.4, 0.5) is 11.4 Å². The molecule has 1 fully saturated rings. The summed E-state index contributed by atoms with van der Waals surface area (Å²) >= 11 is 1.47. The molecule has 1 aliphatic rings. The molecule has 0 saturated carbocycles. The number of rotatable bonds is 6. The Balaban J connectivity index is 1.50. The Morgan fingerprint density at radius 2 is 1.78 bits per heavy atom. The Kier molecular flexibility index (Phi) is 6.47. The summed E-state index contributed by atoms with van der Waals surface area (Å²) in [6, 6.07) is 18.0. The van der Waals surface area contributed by atoms with Gasteiger partial charge in [-0.05, 0) is 67.3 Å². The van der Waals surface area contributed by atoms with E-state index in [1.165, 1.54) is 11.3 Å². The molecule has 3 aromatic rings. The van der Waals surface area contributed by atoms with Gasteiger partial charge in [0.1, 0.15) is 5.70 Å². The van der Waals surface area contributed by atoms with E-state index < -0.39 is 5.91 Å². The molecule has 0 unspecified atom stereocenters. The van der Waals surface area contributed by atoms with Gasteiger partial charge in [-0.1, -0.05) is 23.8 Å². The van der Waals surface area contributed by atoms with Gasteiger partial charge in [0, 0.05) is 34.8 Å². The number of carbonyl (C=O) groups is 3. The first-order valence-corrected chi connectivity index (χ1v) is 11.2. The molecule has 1 aliphatic heterocycles. The van der Waals surface area contributed by atoms with E-state index >= 15 is 0 Å². The molecule has 1 saturated heterocycles. The lowest BCUT2D eigenvalue weighted by Gasteiger charge is -2.16. The van der Waals surface area contributed by atoms with Gasteiger partial charge in [-0.25, -0.2) is 0 Å². The average Bonchev–Trinajstić information content (AvgIpc) is 3.46. The largest absolute Gasteiger partial charge is 0.321 e. The van der Waals surface area contributed by atoms with Crippen LogP contribution < -0.4 is 15.5 Å². The molecule has 32 heavy (non-hydrogen) atoms. The van der Waals surface area contributed by atoms with E-state index in [-0.39, 0.29) is 17.5 Å². The van der Waals surface area contributed by atoms with Crippen LogP contribution >= 0.6 is 11.3 Å². The summed E-state index contributed by atoms with van der Waals surface area (Å²) in [5.74, 6) is -0.670. The SMILES string of the molecule is Cc1ccc(C(=O)N/C(=C\c2cccs2)C(=O)Nc2ccc(N3CCCC3=O)cc2)cc1. The number of thiophene rings is 1. The van der Waals surface area contributed by atoms with Crippen molar-refractivity contribution in [1.82, 2.24) is 5.32 Å². The molecule has 3 amide bonds. The summed E-state index contributed by atoms with van der Waals surface area (Å²) < 4.78 is 0. The van der Waals surface area contributed by atoms with Gasteiger partial charge < -0.3 is 15.5 Å². The molecule has 7 heteroatoms. The highest BCUT2D eigenvalue weighted by Crippen LogP contribution is 2.23. The first kappa shape index (κ1) is 21.5. The zero-order valence-electron chi connectivity index (χ0n) is 17.6. The number of nitrogens with one attached hydrogen (secondary N) is 2. The van der Waals surface area contributed by atoms with Crippen molar-refractivity contribution in [3.05, 3.63) is 87.7 Å². The third-order valence-corrected chi connectivity index (χ3v) is 5.97. The van der Waals surface area contributed by atoms with E-state index in [1.807, 2.05) is 48.7 Å². The normalized spacial score (nSPS) is 13.8. The number of amides is 3. The molecule has 162 valence electrons. The van der Waals surface area contributed by atoms with E-state index in [9.17, 15) is 14.4 Å². The maximum Gasteiger partial charge on any atom is 0.272 e. The summed E-state index contributed by atoms with van der Waals surface area (Å²) in [6.45, 7) is 2.66. The van der Waals surface area contributed by atoms with Crippen LogP contribution in [0.5, 0.6) is 0 Å². The standard InChI is InChI=1S/C25H23N3O3S/c1-17-6-8-18(9-7-17)24(30)27-22(16-21-4-3-15-32-21)25(31)26-19-10-12-20(13-11-19)28-14-2-5-23(28)29/h3-4,6-13,15-16H,2,5,14H2,1H3,(H,26,31)(H,27,30)/b22-16-. The van der Waals surface area contributed by atoms with Crippen LogP contribution in [0.2, 0.25) is 0 Å². The lowest BCUT2D eigenvalue weighted by molar-refractivity contribution is -0.117. The average molecular weight is 446 g/mol. The van der Waals surface area contributed by atoms with Crippen molar-refractivity contribution in [3.63, 3.8) is 0 Å². The highest BCUT2D eigenvalue weighted by Gasteiger charge is 2.21. The molecule has 2 heterocycles. The number of benzene rings is 2. The van der Waals surface area contributed by atoms with Crippen LogP contribution in [-0.2, 0) is 9.59 Å². The van der Waals surface area contributed by atoms with Gasteiger partial charge >= 0.3 is 0 Å². The predicted molar refractivity (Wildman–Crippen MR) is 128 cm³/mol. The predicted octanol–water partition coefficient (Wildman–Crippen LogP) is 4.59. The molecule has 0 atom stereocenters. The Bertz CT molecular complexity index is 1150. The molecular weight excluding hydrogens is 422 g/mol. The van der Waals surface area contributed by atoms with Crippen molar-refractivity contribution in [2.75, 3.05) is 16.8 Å². The minimum Gasteiger partial charge on any atom is -0.321 e. The highest BCUT2D eigenvalue weighted by atomic mass is 32.1. The lowest BCUT2D eigenvalue weighted by atomic mass is 10.1. The zero-order valence-corrected chi connectivity index (χ0v) is 18.4. The van der Waals surface area contributed by atoms with Crippen LogP contribution in [-0.4, -0.2) is 24.3 Å². The molecule has 1 aromatic heterocycles. The maximum atomic E-state index is 13.0. The van der Waals surface area contributed by atoms with Crippen molar-refractivity contribution in [2.45, 2.75) is 19.8 Å². The molecule has 0 aliphatic carbocycles. The van der Waals surface area contributed by atoms with Gasteiger partial charge in [0.15, 0.2) is 0 Å². The van der Waals surface area contributed by atoms with Gasteiger partial charge in [0.2, 0.25) is 5.91 Å². The number of carbonyl (C=O) groups excluding carboxylic acids is 3. The summed E-state index contributed by atoms with van der Waals surface area (Å²) in [7, 11) is 0. The van der Waals surface area contributed by atoms with Crippen molar-refractivity contribution in [2.24, 2.45) is 0 Å². The fraction of sp³-hybridized carbons (Fsp3) is 0.160. The monoisotopic (exact) mass is 445 g/mol. The van der Waals surface area contributed by atoms with Gasteiger partial charge in [-0.2, -0.15) is 0 Å². The van der Waals surface area contributed by atoms with E-state index in [2.05, 4.69) is 10.6 Å². The summed E-state index contributed by atoms with van der Waals surface area (Å²) in [6.07, 6.45) is 3.08. The second kappa shape index (κ2) is 9.62. The van der Waals surface area contributed by atoms with E-state index in [4.69, 9.17) is 0 Å². The van der Waals surface area contributed by atoms with Gasteiger partial charge in [0.05, 0.1) is 0 Å². The van der Waals surface area contributed by atoms with Gasteiger partial charge in [-0.15, -0.1) is 11.3 Å². The topological polar surface area (TPSA) is 78.5 Å². The number of anilines is 2. The molecule has 0 spiro atoms. The second-order valence-corrected chi connectivity index (χ2v) is 8.52. The summed E-state index contributed by atoms with van der Waals surface area (Å²) in [4.78, 5) is 40.2. The zero-order chi connectivity index (χ0) is 22.5. The number of nitrogens with zero attached hydrogens (tertiary/aromatic N) is 1. The number of hydrogen-bond acceptors (Lipinski definition) is 4. The van der Waals surface area contributed by atoms with E-state index in [1.54, 1.807) is 35.2 Å². The van der Waals surface area contributed by atoms with Crippen LogP contribution in [0.1, 0.15) is 33.6 Å². The number of aryl methyl sites for hydroxylation is 1.